The fraction of sp³-hybridized carbons (Fsp3) is 0.375. The van der Waals surface area contributed by atoms with Crippen molar-refractivity contribution in [2.75, 3.05) is 0 Å². The molecule has 7 heteroatoms. The lowest BCUT2D eigenvalue weighted by molar-refractivity contribution is 0.0523. The van der Waals surface area contributed by atoms with E-state index in [1.165, 1.54) is 5.56 Å². The number of ether oxygens (including phenoxy) is 1. The summed E-state index contributed by atoms with van der Waals surface area (Å²) < 4.78 is 5.28. The van der Waals surface area contributed by atoms with E-state index in [-0.39, 0.29) is 0 Å². The first-order valence-electron chi connectivity index (χ1n) is 10.4. The van der Waals surface area contributed by atoms with Crippen molar-refractivity contribution in [3.8, 4) is 0 Å². The molecule has 2 aromatic heterocycles. The Morgan fingerprint density at radius 2 is 1.77 bits per heavy atom. The highest BCUT2D eigenvalue weighted by molar-refractivity contribution is 5.67. The molecule has 0 saturated heterocycles. The number of rotatable bonds is 8. The number of hydrogen-bond acceptors (Lipinski definition) is 5. The molecule has 1 aromatic carbocycles. The molecule has 3 rings (SSSR count). The summed E-state index contributed by atoms with van der Waals surface area (Å²) in [5.41, 5.74) is 3.87. The van der Waals surface area contributed by atoms with Crippen LogP contribution in [0, 0.1) is 6.92 Å². The van der Waals surface area contributed by atoms with Crippen molar-refractivity contribution in [2.24, 2.45) is 0 Å². The van der Waals surface area contributed by atoms with Crippen molar-refractivity contribution >= 4 is 6.09 Å². The maximum Gasteiger partial charge on any atom is 0.407 e. The molecule has 0 saturated carbocycles. The fourth-order valence-electron chi connectivity index (χ4n) is 3.09. The van der Waals surface area contributed by atoms with E-state index in [4.69, 9.17) is 4.74 Å². The van der Waals surface area contributed by atoms with Crippen LogP contribution >= 0.6 is 0 Å². The molecule has 0 aliphatic heterocycles. The summed E-state index contributed by atoms with van der Waals surface area (Å²) in [6.07, 6.45) is 5.09. The molecule has 1 amide bonds. The highest BCUT2D eigenvalue weighted by Crippen LogP contribution is 2.13. The Labute approximate surface area is 183 Å². The van der Waals surface area contributed by atoms with Crippen LogP contribution in [0.15, 0.2) is 55.0 Å². The third-order valence-corrected chi connectivity index (χ3v) is 4.55. The lowest BCUT2D eigenvalue weighted by Crippen LogP contribution is -2.32. The van der Waals surface area contributed by atoms with Crippen LogP contribution in [-0.4, -0.2) is 31.5 Å². The molecule has 0 aliphatic carbocycles. The molecule has 31 heavy (non-hydrogen) atoms. The van der Waals surface area contributed by atoms with Crippen LogP contribution in [0.1, 0.15) is 49.0 Å². The number of pyridine rings is 1. The molecule has 0 unspecified atom stereocenters. The summed E-state index contributed by atoms with van der Waals surface area (Å²) >= 11 is 0. The zero-order valence-corrected chi connectivity index (χ0v) is 18.7. The number of benzene rings is 1. The maximum atomic E-state index is 11.8. The number of aromatic amines is 1. The monoisotopic (exact) mass is 421 g/mol. The Bertz CT molecular complexity index is 945. The molecule has 0 bridgehead atoms. The van der Waals surface area contributed by atoms with Gasteiger partial charge in [-0.15, -0.1) is 0 Å². The van der Waals surface area contributed by atoms with E-state index in [0.717, 1.165) is 35.7 Å². The molecular formula is C24H31N5O2. The second kappa shape index (κ2) is 10.2. The van der Waals surface area contributed by atoms with Gasteiger partial charge in [-0.05, 0) is 50.5 Å². The Hall–Kier alpha value is -3.19. The number of nitrogens with one attached hydrogen (secondary N) is 2. The van der Waals surface area contributed by atoms with E-state index in [1.54, 1.807) is 6.20 Å². The van der Waals surface area contributed by atoms with E-state index in [1.807, 2.05) is 52.2 Å². The first-order valence-corrected chi connectivity index (χ1v) is 10.4. The van der Waals surface area contributed by atoms with Gasteiger partial charge in [0.25, 0.3) is 0 Å². The molecule has 0 radical (unpaired) electrons. The third-order valence-electron chi connectivity index (χ3n) is 4.55. The smallest absolute Gasteiger partial charge is 0.407 e. The van der Waals surface area contributed by atoms with Crippen LogP contribution in [0.5, 0.6) is 0 Å². The van der Waals surface area contributed by atoms with Gasteiger partial charge >= 0.3 is 6.09 Å². The van der Waals surface area contributed by atoms with Crippen LogP contribution < -0.4 is 5.32 Å². The summed E-state index contributed by atoms with van der Waals surface area (Å²) in [5.74, 6) is 0.922. The molecule has 0 atom stereocenters. The molecule has 0 spiro atoms. The van der Waals surface area contributed by atoms with Gasteiger partial charge in [-0.1, -0.05) is 30.3 Å². The number of H-pyrrole nitrogens is 1. The number of carbonyl (C=O) groups is 1. The lowest BCUT2D eigenvalue weighted by Gasteiger charge is -2.21. The molecule has 2 N–H and O–H groups in total. The first-order chi connectivity index (χ1) is 14.8. The number of nitrogens with zero attached hydrogens (tertiary/aromatic N) is 3. The van der Waals surface area contributed by atoms with Crippen LogP contribution in [0.2, 0.25) is 0 Å². The van der Waals surface area contributed by atoms with E-state index in [2.05, 4.69) is 49.4 Å². The Balaban J connectivity index is 1.60. The van der Waals surface area contributed by atoms with Crippen molar-refractivity contribution in [3.05, 3.63) is 83.2 Å². The normalized spacial score (nSPS) is 11.5. The minimum Gasteiger partial charge on any atom is -0.444 e. The molecule has 2 heterocycles. The molecule has 164 valence electrons. The van der Waals surface area contributed by atoms with Crippen molar-refractivity contribution in [2.45, 2.75) is 59.5 Å². The maximum absolute atomic E-state index is 11.8. The van der Waals surface area contributed by atoms with Crippen LogP contribution in [0.25, 0.3) is 0 Å². The van der Waals surface area contributed by atoms with Crippen molar-refractivity contribution in [1.82, 2.24) is 25.2 Å². The average Bonchev–Trinajstić information content (AvgIpc) is 3.21. The van der Waals surface area contributed by atoms with Crippen molar-refractivity contribution in [1.29, 1.82) is 0 Å². The van der Waals surface area contributed by atoms with Gasteiger partial charge in [-0.3, -0.25) is 9.88 Å². The SMILES string of the molecule is Cc1ccc(CN(Cc2ccc(CNC(=O)OC(C)(C)C)cc2)Cc2ncc[nH]2)nc1. The standard InChI is InChI=1S/C24H31N5O2/c1-18-5-10-21(27-13-18)16-29(17-22-25-11-12-26-22)15-20-8-6-19(7-9-20)14-28-23(30)31-24(2,3)4/h5-13H,14-17H2,1-4H3,(H,25,26)(H,28,30). The topological polar surface area (TPSA) is 83.1 Å². The number of amides is 1. The number of alkyl carbamates (subject to hydrolysis) is 1. The predicted octanol–water partition coefficient (Wildman–Crippen LogP) is 4.34. The summed E-state index contributed by atoms with van der Waals surface area (Å²) in [4.78, 5) is 26.2. The number of hydrogen-bond donors (Lipinski definition) is 2. The van der Waals surface area contributed by atoms with Gasteiger partial charge in [0.1, 0.15) is 11.4 Å². The van der Waals surface area contributed by atoms with Gasteiger partial charge in [0, 0.05) is 38.2 Å². The van der Waals surface area contributed by atoms with Gasteiger partial charge < -0.3 is 15.0 Å². The van der Waals surface area contributed by atoms with E-state index < -0.39 is 11.7 Å². The number of carbonyl (C=O) groups excluding carboxylic acids is 1. The number of imidazole rings is 1. The molecule has 3 aromatic rings. The molecular weight excluding hydrogens is 390 g/mol. The predicted molar refractivity (Wildman–Crippen MR) is 120 cm³/mol. The van der Waals surface area contributed by atoms with Gasteiger partial charge in [-0.25, -0.2) is 9.78 Å². The van der Waals surface area contributed by atoms with E-state index in [0.29, 0.717) is 13.1 Å². The number of aromatic nitrogens is 3. The van der Waals surface area contributed by atoms with Crippen molar-refractivity contribution < 1.29 is 9.53 Å². The highest BCUT2D eigenvalue weighted by atomic mass is 16.6. The van der Waals surface area contributed by atoms with Gasteiger partial charge in [0.15, 0.2) is 0 Å². The zero-order valence-electron chi connectivity index (χ0n) is 18.7. The first kappa shape index (κ1) is 22.5. The summed E-state index contributed by atoms with van der Waals surface area (Å²) in [6, 6.07) is 12.4. The zero-order chi connectivity index (χ0) is 22.3. The summed E-state index contributed by atoms with van der Waals surface area (Å²) in [7, 11) is 0. The average molecular weight is 422 g/mol. The highest BCUT2D eigenvalue weighted by Gasteiger charge is 2.16. The quantitative estimate of drug-likeness (QED) is 0.565. The second-order valence-electron chi connectivity index (χ2n) is 8.68. The Morgan fingerprint density at radius 1 is 1.03 bits per heavy atom. The van der Waals surface area contributed by atoms with Gasteiger partial charge in [0.05, 0.1) is 12.2 Å². The van der Waals surface area contributed by atoms with Gasteiger partial charge in [0.2, 0.25) is 0 Å². The van der Waals surface area contributed by atoms with E-state index >= 15 is 0 Å². The molecule has 7 nitrogen and oxygen atoms in total. The van der Waals surface area contributed by atoms with Crippen molar-refractivity contribution in [3.63, 3.8) is 0 Å². The lowest BCUT2D eigenvalue weighted by atomic mass is 10.1. The number of aryl methyl sites for hydroxylation is 1. The second-order valence-corrected chi connectivity index (χ2v) is 8.68. The van der Waals surface area contributed by atoms with E-state index in [9.17, 15) is 4.79 Å². The largest absolute Gasteiger partial charge is 0.444 e. The van der Waals surface area contributed by atoms with Gasteiger partial charge in [-0.2, -0.15) is 0 Å². The summed E-state index contributed by atoms with van der Waals surface area (Å²) in [5, 5.41) is 2.79. The third kappa shape index (κ3) is 7.86. The Morgan fingerprint density at radius 3 is 2.39 bits per heavy atom. The fourth-order valence-corrected chi connectivity index (χ4v) is 3.09. The van der Waals surface area contributed by atoms with Crippen LogP contribution in [0.3, 0.4) is 0 Å². The molecule has 0 fully saturated rings. The minimum atomic E-state index is -0.502. The summed E-state index contributed by atoms with van der Waals surface area (Å²) in [6.45, 7) is 10.2. The van der Waals surface area contributed by atoms with Crippen LogP contribution in [0.4, 0.5) is 4.79 Å². The Kier molecular flexibility index (Phi) is 7.41. The molecule has 0 aliphatic rings. The minimum absolute atomic E-state index is 0.410. The van der Waals surface area contributed by atoms with Crippen LogP contribution in [-0.2, 0) is 30.9 Å².